The number of benzene rings is 2. The van der Waals surface area contributed by atoms with Crippen molar-refractivity contribution in [3.8, 4) is 0 Å². The Morgan fingerprint density at radius 3 is 2.10 bits per heavy atom. The van der Waals surface area contributed by atoms with Gasteiger partial charge < -0.3 is 16.4 Å². The van der Waals surface area contributed by atoms with Crippen LogP contribution in [0, 0.1) is 0 Å². The zero-order chi connectivity index (χ0) is 21.2. The predicted octanol–water partition coefficient (Wildman–Crippen LogP) is 1.56. The van der Waals surface area contributed by atoms with Gasteiger partial charge in [0.15, 0.2) is 0 Å². The predicted molar refractivity (Wildman–Crippen MR) is 109 cm³/mol. The van der Waals surface area contributed by atoms with Crippen LogP contribution < -0.4 is 20.7 Å². The molecule has 2 aromatic rings. The zero-order valence-electron chi connectivity index (χ0n) is 15.0. The first-order valence-electron chi connectivity index (χ1n) is 8.49. The van der Waals surface area contributed by atoms with Gasteiger partial charge in [-0.2, -0.15) is 0 Å². The van der Waals surface area contributed by atoms with E-state index in [2.05, 4.69) is 10.6 Å². The molecule has 1 saturated heterocycles. The number of hydrogen-bond donors (Lipinski definition) is 3. The second-order valence-corrected chi connectivity index (χ2v) is 8.68. The van der Waals surface area contributed by atoms with Crippen LogP contribution in [0.25, 0.3) is 0 Å². The average molecular weight is 437 g/mol. The fourth-order valence-electron chi connectivity index (χ4n) is 2.79. The fraction of sp³-hybridized carbons (Fsp3) is 0.167. The van der Waals surface area contributed by atoms with Crippen LogP contribution in [0.5, 0.6) is 0 Å². The number of rotatable bonds is 4. The van der Waals surface area contributed by atoms with Gasteiger partial charge in [-0.25, -0.2) is 8.42 Å². The van der Waals surface area contributed by atoms with Crippen LogP contribution in [0.1, 0.15) is 16.8 Å². The summed E-state index contributed by atoms with van der Waals surface area (Å²) in [7, 11) is -3.45. The summed E-state index contributed by atoms with van der Waals surface area (Å²) >= 11 is 6.11. The Bertz CT molecular complexity index is 1090. The number of carbonyl (C=O) groups is 3. The van der Waals surface area contributed by atoms with Gasteiger partial charge >= 0.3 is 11.8 Å². The molecule has 0 bridgehead atoms. The highest BCUT2D eigenvalue weighted by atomic mass is 35.5. The molecule has 29 heavy (non-hydrogen) atoms. The Morgan fingerprint density at radius 2 is 1.55 bits per heavy atom. The van der Waals surface area contributed by atoms with Crippen molar-refractivity contribution in [3.63, 3.8) is 0 Å². The number of nitrogens with zero attached hydrogens (tertiary/aromatic N) is 1. The second kappa shape index (κ2) is 8.10. The second-order valence-electron chi connectivity index (χ2n) is 6.26. The van der Waals surface area contributed by atoms with Gasteiger partial charge in [-0.1, -0.05) is 11.6 Å². The third-order valence-electron chi connectivity index (χ3n) is 4.21. The maximum Gasteiger partial charge on any atom is 0.314 e. The lowest BCUT2D eigenvalue weighted by atomic mass is 10.2. The molecule has 0 unspecified atom stereocenters. The summed E-state index contributed by atoms with van der Waals surface area (Å²) < 4.78 is 25.4. The topological polar surface area (TPSA) is 139 Å². The van der Waals surface area contributed by atoms with E-state index in [0.29, 0.717) is 18.7 Å². The highest BCUT2D eigenvalue weighted by molar-refractivity contribution is 7.93. The van der Waals surface area contributed by atoms with Crippen molar-refractivity contribution in [2.24, 2.45) is 5.73 Å². The van der Waals surface area contributed by atoms with E-state index in [9.17, 15) is 22.8 Å². The number of hydrogen-bond acceptors (Lipinski definition) is 5. The van der Waals surface area contributed by atoms with Crippen molar-refractivity contribution in [1.29, 1.82) is 0 Å². The van der Waals surface area contributed by atoms with Gasteiger partial charge in [-0.05, 0) is 48.9 Å². The van der Waals surface area contributed by atoms with Gasteiger partial charge in [0.25, 0.3) is 0 Å². The van der Waals surface area contributed by atoms with Crippen molar-refractivity contribution in [2.45, 2.75) is 6.42 Å². The summed E-state index contributed by atoms with van der Waals surface area (Å²) in [4.78, 5) is 35.3. The zero-order valence-corrected chi connectivity index (χ0v) is 16.6. The molecule has 152 valence electrons. The summed E-state index contributed by atoms with van der Waals surface area (Å²) in [6.45, 7) is 0.293. The Labute approximate surface area is 171 Å². The maximum atomic E-state index is 12.2. The molecule has 2 aromatic carbocycles. The van der Waals surface area contributed by atoms with Crippen LogP contribution in [-0.2, 0) is 19.6 Å². The van der Waals surface area contributed by atoms with Crippen molar-refractivity contribution >= 4 is 56.4 Å². The van der Waals surface area contributed by atoms with Crippen LogP contribution in [0.2, 0.25) is 5.02 Å². The number of amides is 3. The monoisotopic (exact) mass is 436 g/mol. The number of primary amides is 1. The van der Waals surface area contributed by atoms with E-state index in [1.54, 1.807) is 0 Å². The Balaban J connectivity index is 1.71. The summed E-state index contributed by atoms with van der Waals surface area (Å²) in [5, 5.41) is 5.01. The summed E-state index contributed by atoms with van der Waals surface area (Å²) in [6.07, 6.45) is 0.478. The van der Waals surface area contributed by atoms with Crippen molar-refractivity contribution in [1.82, 2.24) is 0 Å². The van der Waals surface area contributed by atoms with Gasteiger partial charge in [0, 0.05) is 23.5 Å². The summed E-state index contributed by atoms with van der Waals surface area (Å²) in [5.74, 6) is -2.49. The SMILES string of the molecule is NC(=O)c1ccc(NC(=O)C(=O)Nc2ccc(Cl)c(N3CCCS3(=O)=O)c2)cc1. The van der Waals surface area contributed by atoms with E-state index in [4.69, 9.17) is 17.3 Å². The molecule has 9 nitrogen and oxygen atoms in total. The number of carbonyl (C=O) groups excluding carboxylic acids is 3. The first-order valence-corrected chi connectivity index (χ1v) is 10.5. The lowest BCUT2D eigenvalue weighted by Crippen LogP contribution is -2.29. The minimum absolute atomic E-state index is 0.0247. The first kappa shape index (κ1) is 20.6. The Morgan fingerprint density at radius 1 is 0.966 bits per heavy atom. The van der Waals surface area contributed by atoms with Crippen molar-refractivity contribution < 1.29 is 22.8 Å². The smallest absolute Gasteiger partial charge is 0.314 e. The quantitative estimate of drug-likeness (QED) is 0.624. The molecule has 1 fully saturated rings. The molecule has 0 aromatic heterocycles. The number of nitrogens with one attached hydrogen (secondary N) is 2. The van der Waals surface area contributed by atoms with Crippen molar-refractivity contribution in [3.05, 3.63) is 53.1 Å². The van der Waals surface area contributed by atoms with E-state index in [-0.39, 0.29) is 27.7 Å². The molecule has 0 radical (unpaired) electrons. The molecular formula is C18H17ClN4O5S. The van der Waals surface area contributed by atoms with Gasteiger partial charge in [-0.3, -0.25) is 18.7 Å². The van der Waals surface area contributed by atoms with Gasteiger partial charge in [0.05, 0.1) is 16.5 Å². The Hall–Kier alpha value is -3.11. The molecular weight excluding hydrogens is 420 g/mol. The molecule has 0 spiro atoms. The average Bonchev–Trinajstić information content (AvgIpc) is 3.02. The highest BCUT2D eigenvalue weighted by Gasteiger charge is 2.30. The van der Waals surface area contributed by atoms with Gasteiger partial charge in [-0.15, -0.1) is 0 Å². The first-order chi connectivity index (χ1) is 13.7. The number of anilines is 3. The van der Waals surface area contributed by atoms with E-state index >= 15 is 0 Å². The van der Waals surface area contributed by atoms with Crippen LogP contribution in [0.15, 0.2) is 42.5 Å². The van der Waals surface area contributed by atoms with E-state index < -0.39 is 27.7 Å². The molecule has 1 heterocycles. The molecule has 3 rings (SSSR count). The van der Waals surface area contributed by atoms with Crippen LogP contribution >= 0.6 is 11.6 Å². The molecule has 0 atom stereocenters. The van der Waals surface area contributed by atoms with E-state index in [1.807, 2.05) is 0 Å². The van der Waals surface area contributed by atoms with Crippen LogP contribution in [0.3, 0.4) is 0 Å². The largest absolute Gasteiger partial charge is 0.366 e. The number of nitrogens with two attached hydrogens (primary N) is 1. The molecule has 0 aliphatic carbocycles. The Kier molecular flexibility index (Phi) is 5.76. The number of halogens is 1. The standard InChI is InChI=1S/C18H17ClN4O5S/c19-14-7-6-13(10-15(14)23-8-1-9-29(23,27)28)22-18(26)17(25)21-12-4-2-11(3-5-12)16(20)24/h2-7,10H,1,8-9H2,(H2,20,24)(H,21,25)(H,22,26). The van der Waals surface area contributed by atoms with Crippen LogP contribution in [0.4, 0.5) is 17.1 Å². The lowest BCUT2D eigenvalue weighted by Gasteiger charge is -2.19. The minimum Gasteiger partial charge on any atom is -0.366 e. The molecule has 0 saturated carbocycles. The minimum atomic E-state index is -3.45. The maximum absolute atomic E-state index is 12.2. The highest BCUT2D eigenvalue weighted by Crippen LogP contribution is 2.33. The van der Waals surface area contributed by atoms with Gasteiger partial charge in [0.2, 0.25) is 15.9 Å². The van der Waals surface area contributed by atoms with Gasteiger partial charge in [0.1, 0.15) is 0 Å². The molecule has 1 aliphatic heterocycles. The lowest BCUT2D eigenvalue weighted by molar-refractivity contribution is -0.132. The van der Waals surface area contributed by atoms with E-state index in [1.165, 1.54) is 46.8 Å². The molecule has 11 heteroatoms. The molecule has 1 aliphatic rings. The van der Waals surface area contributed by atoms with Crippen LogP contribution in [-0.4, -0.2) is 38.4 Å². The molecule has 4 N–H and O–H groups in total. The molecule has 3 amide bonds. The van der Waals surface area contributed by atoms with Crippen molar-refractivity contribution in [2.75, 3.05) is 27.2 Å². The third kappa shape index (κ3) is 4.66. The normalized spacial score (nSPS) is 15.0. The van der Waals surface area contributed by atoms with E-state index in [0.717, 1.165) is 0 Å². The number of sulfonamides is 1. The fourth-order valence-corrected chi connectivity index (χ4v) is 4.63. The summed E-state index contributed by atoms with van der Waals surface area (Å²) in [5.41, 5.74) is 6.16. The third-order valence-corrected chi connectivity index (χ3v) is 6.38. The summed E-state index contributed by atoms with van der Waals surface area (Å²) in [6, 6.07) is 10.0.